The van der Waals surface area contributed by atoms with E-state index in [2.05, 4.69) is 16.7 Å². The number of carboxylic acids is 1. The van der Waals surface area contributed by atoms with Crippen molar-refractivity contribution in [2.45, 2.75) is 63.5 Å². The van der Waals surface area contributed by atoms with E-state index in [1.54, 1.807) is 25.3 Å². The number of nitrogens with zero attached hydrogens (tertiary/aromatic N) is 1. The Morgan fingerprint density at radius 2 is 1.82 bits per heavy atom. The molecule has 2 aromatic rings. The van der Waals surface area contributed by atoms with Crippen LogP contribution in [0.1, 0.15) is 68.5 Å². The number of nitrogens with one attached hydrogen (secondary N) is 2. The molecule has 0 radical (unpaired) electrons. The van der Waals surface area contributed by atoms with Crippen molar-refractivity contribution >= 4 is 17.9 Å². The van der Waals surface area contributed by atoms with Crippen molar-refractivity contribution in [3.63, 3.8) is 0 Å². The molecule has 1 saturated heterocycles. The molecule has 10 heteroatoms. The molecule has 0 spiro atoms. The fourth-order valence-electron chi connectivity index (χ4n) is 5.22. The summed E-state index contributed by atoms with van der Waals surface area (Å²) in [5, 5.41) is 15.0. The summed E-state index contributed by atoms with van der Waals surface area (Å²) in [6.45, 7) is 3.30. The molecule has 3 N–H and O–H groups in total. The molecule has 0 aliphatic carbocycles. The summed E-state index contributed by atoms with van der Waals surface area (Å²) < 4.78 is 16.2. The lowest BCUT2D eigenvalue weighted by Gasteiger charge is -2.35. The maximum absolute atomic E-state index is 13.5. The number of benzene rings is 2. The third kappa shape index (κ3) is 7.13. The number of carboxylic acid groups (broad SMARTS) is 1. The predicted molar refractivity (Wildman–Crippen MR) is 144 cm³/mol. The molecule has 2 atom stereocenters. The number of hydrogen-bond donors (Lipinski definition) is 3. The highest BCUT2D eigenvalue weighted by molar-refractivity contribution is 5.87. The van der Waals surface area contributed by atoms with Crippen LogP contribution in [0.3, 0.4) is 0 Å². The number of hydrogen-bond acceptors (Lipinski definition) is 6. The Kier molecular flexibility index (Phi) is 9.51. The summed E-state index contributed by atoms with van der Waals surface area (Å²) >= 11 is 0. The Hall–Kier alpha value is -3.95. The van der Waals surface area contributed by atoms with Crippen LogP contribution >= 0.6 is 0 Å². The molecule has 1 fully saturated rings. The molecular formula is C29H37N3O7. The van der Waals surface area contributed by atoms with E-state index in [9.17, 15) is 19.5 Å². The summed E-state index contributed by atoms with van der Waals surface area (Å²) in [6.07, 6.45) is 3.45. The predicted octanol–water partition coefficient (Wildman–Crippen LogP) is 4.20. The Balaban J connectivity index is 1.39. The zero-order valence-electron chi connectivity index (χ0n) is 22.5. The molecule has 0 bridgehead atoms. The van der Waals surface area contributed by atoms with Gasteiger partial charge in [-0.2, -0.15) is 0 Å². The third-order valence-corrected chi connectivity index (χ3v) is 7.32. The van der Waals surface area contributed by atoms with E-state index in [-0.39, 0.29) is 19.1 Å². The van der Waals surface area contributed by atoms with Crippen LogP contribution in [0.25, 0.3) is 0 Å². The summed E-state index contributed by atoms with van der Waals surface area (Å²) in [6, 6.07) is 10.9. The van der Waals surface area contributed by atoms with Crippen molar-refractivity contribution in [2.24, 2.45) is 0 Å². The van der Waals surface area contributed by atoms with Gasteiger partial charge in [0.15, 0.2) is 11.5 Å². The van der Waals surface area contributed by atoms with Gasteiger partial charge in [-0.3, -0.25) is 9.59 Å². The van der Waals surface area contributed by atoms with E-state index in [0.717, 1.165) is 37.0 Å². The standard InChI is InChI=1S/C29H37N3O7/c1-3-4-8-22(28(35)32-14-12-19(13-15-32)21-7-5-6-9-24(21)37-2)30-29(36)31-23(17-27(33)34)20-10-11-25-26(16-20)39-18-38-25/h5-7,9-11,16,19,22-23H,3-4,8,12-15,17-18H2,1-2H3,(H,33,34)(H2,30,31,36)/t22-,23-/m0/s1. The Morgan fingerprint density at radius 1 is 1.08 bits per heavy atom. The van der Waals surface area contributed by atoms with E-state index in [4.69, 9.17) is 14.2 Å². The van der Waals surface area contributed by atoms with Gasteiger partial charge in [0.1, 0.15) is 11.8 Å². The number of amides is 3. The average molecular weight is 540 g/mol. The summed E-state index contributed by atoms with van der Waals surface area (Å²) in [7, 11) is 1.67. The third-order valence-electron chi connectivity index (χ3n) is 7.32. The molecule has 0 aromatic heterocycles. The number of methoxy groups -OCH3 is 1. The number of urea groups is 1. The SMILES string of the molecule is CCCC[C@H](NC(=O)N[C@@H](CC(=O)O)c1ccc2c(c1)OCO2)C(=O)N1CCC(c2ccccc2OC)CC1. The molecule has 0 unspecified atom stereocenters. The molecule has 0 saturated carbocycles. The smallest absolute Gasteiger partial charge is 0.315 e. The molecule has 2 heterocycles. The number of piperidine rings is 1. The summed E-state index contributed by atoms with van der Waals surface area (Å²) in [4.78, 5) is 39.9. The number of para-hydroxylation sites is 1. The number of rotatable bonds is 11. The first-order chi connectivity index (χ1) is 18.9. The molecule has 10 nitrogen and oxygen atoms in total. The monoisotopic (exact) mass is 539 g/mol. The van der Waals surface area contributed by atoms with Crippen molar-refractivity contribution < 1.29 is 33.7 Å². The van der Waals surface area contributed by atoms with E-state index in [0.29, 0.717) is 42.5 Å². The van der Waals surface area contributed by atoms with Crippen LogP contribution in [-0.2, 0) is 9.59 Å². The highest BCUT2D eigenvalue weighted by Gasteiger charge is 2.31. The van der Waals surface area contributed by atoms with Crippen molar-refractivity contribution in [2.75, 3.05) is 27.0 Å². The number of fused-ring (bicyclic) bond motifs is 1. The van der Waals surface area contributed by atoms with Crippen LogP contribution in [0.15, 0.2) is 42.5 Å². The number of unbranched alkanes of at least 4 members (excludes halogenated alkanes) is 1. The van der Waals surface area contributed by atoms with Gasteiger partial charge < -0.3 is 34.9 Å². The molecule has 4 rings (SSSR count). The molecular weight excluding hydrogens is 502 g/mol. The van der Waals surface area contributed by atoms with Crippen molar-refractivity contribution in [1.29, 1.82) is 0 Å². The Labute approximate surface area is 228 Å². The van der Waals surface area contributed by atoms with Gasteiger partial charge in [0.25, 0.3) is 0 Å². The highest BCUT2D eigenvalue weighted by atomic mass is 16.7. The van der Waals surface area contributed by atoms with Crippen molar-refractivity contribution in [3.05, 3.63) is 53.6 Å². The van der Waals surface area contributed by atoms with Gasteiger partial charge in [-0.25, -0.2) is 4.79 Å². The van der Waals surface area contributed by atoms with Crippen molar-refractivity contribution in [3.8, 4) is 17.2 Å². The average Bonchev–Trinajstić information content (AvgIpc) is 3.42. The first kappa shape index (κ1) is 28.1. The minimum atomic E-state index is -1.06. The highest BCUT2D eigenvalue weighted by Crippen LogP contribution is 2.35. The van der Waals surface area contributed by atoms with E-state index in [1.165, 1.54) is 0 Å². The maximum Gasteiger partial charge on any atom is 0.315 e. The largest absolute Gasteiger partial charge is 0.496 e. The minimum absolute atomic E-state index is 0.0909. The first-order valence-corrected chi connectivity index (χ1v) is 13.5. The topological polar surface area (TPSA) is 126 Å². The van der Waals surface area contributed by atoms with Crippen LogP contribution < -0.4 is 24.8 Å². The molecule has 2 aliphatic rings. The lowest BCUT2D eigenvalue weighted by atomic mass is 9.88. The fraction of sp³-hybridized carbons (Fsp3) is 0.483. The lowest BCUT2D eigenvalue weighted by Crippen LogP contribution is -2.53. The number of ether oxygens (including phenoxy) is 3. The van der Waals surface area contributed by atoms with E-state index >= 15 is 0 Å². The zero-order chi connectivity index (χ0) is 27.8. The van der Waals surface area contributed by atoms with Gasteiger partial charge in [-0.15, -0.1) is 0 Å². The van der Waals surface area contributed by atoms with Gasteiger partial charge in [0, 0.05) is 13.1 Å². The van der Waals surface area contributed by atoms with Crippen LogP contribution in [0.2, 0.25) is 0 Å². The van der Waals surface area contributed by atoms with Crippen LogP contribution in [-0.4, -0.2) is 60.9 Å². The lowest BCUT2D eigenvalue weighted by molar-refractivity contribution is -0.137. The molecule has 2 aliphatic heterocycles. The Bertz CT molecular complexity index is 1160. The fourth-order valence-corrected chi connectivity index (χ4v) is 5.22. The summed E-state index contributed by atoms with van der Waals surface area (Å²) in [5.74, 6) is 1.05. The van der Waals surface area contributed by atoms with Crippen LogP contribution in [0.4, 0.5) is 4.79 Å². The molecule has 39 heavy (non-hydrogen) atoms. The molecule has 3 amide bonds. The second-order valence-corrected chi connectivity index (χ2v) is 9.92. The van der Waals surface area contributed by atoms with Gasteiger partial charge in [-0.05, 0) is 54.5 Å². The molecule has 2 aromatic carbocycles. The van der Waals surface area contributed by atoms with Crippen LogP contribution in [0.5, 0.6) is 17.2 Å². The number of carbonyl (C=O) groups excluding carboxylic acids is 2. The van der Waals surface area contributed by atoms with Gasteiger partial charge in [0.2, 0.25) is 12.7 Å². The number of aliphatic carboxylic acids is 1. The van der Waals surface area contributed by atoms with E-state index in [1.807, 2.05) is 30.0 Å². The van der Waals surface area contributed by atoms with Gasteiger partial charge in [-0.1, -0.05) is 44.0 Å². The Morgan fingerprint density at radius 3 is 2.54 bits per heavy atom. The summed E-state index contributed by atoms with van der Waals surface area (Å²) in [5.41, 5.74) is 1.73. The number of carbonyl (C=O) groups is 3. The van der Waals surface area contributed by atoms with E-state index < -0.39 is 24.1 Å². The normalized spacial score (nSPS) is 16.3. The van der Waals surface area contributed by atoms with Gasteiger partial charge in [0.05, 0.1) is 19.6 Å². The second-order valence-electron chi connectivity index (χ2n) is 9.92. The quantitative estimate of drug-likeness (QED) is 0.391. The second kappa shape index (κ2) is 13.2. The minimum Gasteiger partial charge on any atom is -0.496 e. The van der Waals surface area contributed by atoms with Crippen LogP contribution in [0, 0.1) is 0 Å². The first-order valence-electron chi connectivity index (χ1n) is 13.5. The van der Waals surface area contributed by atoms with Gasteiger partial charge >= 0.3 is 12.0 Å². The molecule has 210 valence electrons. The number of likely N-dealkylation sites (tertiary alicyclic amines) is 1. The maximum atomic E-state index is 13.5. The zero-order valence-corrected chi connectivity index (χ0v) is 22.5. The van der Waals surface area contributed by atoms with Crippen molar-refractivity contribution in [1.82, 2.24) is 15.5 Å².